The third-order valence-corrected chi connectivity index (χ3v) is 3.91. The lowest BCUT2D eigenvalue weighted by Gasteiger charge is -2.27. The molecule has 9 heteroatoms. The summed E-state index contributed by atoms with van der Waals surface area (Å²) in [7, 11) is 0. The molecule has 1 aromatic rings. The monoisotopic (exact) mass is 366 g/mol. The number of hydrogen-bond acceptors (Lipinski definition) is 7. The Kier molecular flexibility index (Phi) is 9.96. The van der Waals surface area contributed by atoms with Crippen molar-refractivity contribution in [2.24, 2.45) is 16.5 Å². The smallest absolute Gasteiger partial charge is 0.132 e. The zero-order valence-electron chi connectivity index (χ0n) is 14.9. The van der Waals surface area contributed by atoms with Crippen LogP contribution in [0.3, 0.4) is 0 Å². The molecule has 5 unspecified atom stereocenters. The third-order valence-electron chi connectivity index (χ3n) is 3.91. The summed E-state index contributed by atoms with van der Waals surface area (Å²) in [5.41, 5.74) is 12.4. The van der Waals surface area contributed by atoms with Crippen molar-refractivity contribution in [3.05, 3.63) is 35.9 Å². The predicted octanol–water partition coefficient (Wildman–Crippen LogP) is -1.00. The predicted molar refractivity (Wildman–Crippen MR) is 102 cm³/mol. The highest BCUT2D eigenvalue weighted by Gasteiger charge is 2.24. The fraction of sp³-hybridized carbons (Fsp3) is 0.529. The van der Waals surface area contributed by atoms with Crippen molar-refractivity contribution in [3.63, 3.8) is 0 Å². The highest BCUT2D eigenvalue weighted by Crippen LogP contribution is 2.13. The Bertz CT molecular complexity index is 557. The van der Waals surface area contributed by atoms with Crippen LogP contribution in [0.15, 0.2) is 35.3 Å². The summed E-state index contributed by atoms with van der Waals surface area (Å²) in [6.07, 6.45) is -1.31. The first-order valence-corrected chi connectivity index (χ1v) is 8.56. The average Bonchev–Trinajstić information content (AvgIpc) is 2.64. The summed E-state index contributed by atoms with van der Waals surface area (Å²) < 4.78 is 0. The van der Waals surface area contributed by atoms with E-state index < -0.39 is 30.6 Å². The summed E-state index contributed by atoms with van der Waals surface area (Å²) in [6.45, 7) is 1.88. The molecule has 0 aliphatic rings. The fourth-order valence-electron chi connectivity index (χ4n) is 2.49. The van der Waals surface area contributed by atoms with Crippen LogP contribution in [0, 0.1) is 5.41 Å². The molecule has 0 amide bonds. The van der Waals surface area contributed by atoms with Crippen LogP contribution in [0.5, 0.6) is 0 Å². The highest BCUT2D eigenvalue weighted by atomic mass is 16.3. The van der Waals surface area contributed by atoms with Gasteiger partial charge in [0.15, 0.2) is 0 Å². The number of nitrogens with two attached hydrogens (primary N) is 2. The van der Waals surface area contributed by atoms with Gasteiger partial charge in [-0.25, -0.2) is 4.99 Å². The number of hydrogen-bond donors (Lipinski definition) is 8. The molecule has 0 bridgehead atoms. The Morgan fingerprint density at radius 1 is 1.27 bits per heavy atom. The summed E-state index contributed by atoms with van der Waals surface area (Å²) in [6, 6.07) is 7.95. The van der Waals surface area contributed by atoms with Crippen LogP contribution < -0.4 is 22.1 Å². The first-order chi connectivity index (χ1) is 12.4. The van der Waals surface area contributed by atoms with E-state index in [1.165, 1.54) is 0 Å². The molecular formula is C17H30N6O3. The Morgan fingerprint density at radius 2 is 1.92 bits per heavy atom. The minimum atomic E-state index is -1.27. The van der Waals surface area contributed by atoms with Gasteiger partial charge in [-0.1, -0.05) is 43.7 Å². The van der Waals surface area contributed by atoms with Crippen LogP contribution in [0.4, 0.5) is 0 Å². The van der Waals surface area contributed by atoms with Gasteiger partial charge in [-0.2, -0.15) is 0 Å². The molecule has 0 aromatic heterocycles. The molecule has 0 heterocycles. The standard InChI is InChI=1S/C17H30N6O3/c1-2-6-12(19)15(25)17(26)21-9-13(24)23-14(16(20)22-10-18)11-7-4-3-5-8-11/h3-5,7-8,10,12-15,17,21,23-26H,2,6,9,19H2,1H3,(H3,18,20,22). The lowest BCUT2D eigenvalue weighted by atomic mass is 10.1. The van der Waals surface area contributed by atoms with Gasteiger partial charge >= 0.3 is 0 Å². The van der Waals surface area contributed by atoms with Gasteiger partial charge in [-0.3, -0.25) is 16.0 Å². The number of aliphatic hydroxyl groups is 3. The molecule has 10 N–H and O–H groups in total. The maximum absolute atomic E-state index is 10.2. The van der Waals surface area contributed by atoms with Crippen LogP contribution in [0.25, 0.3) is 0 Å². The Labute approximate surface area is 153 Å². The van der Waals surface area contributed by atoms with Crippen molar-refractivity contribution in [1.29, 1.82) is 5.41 Å². The summed E-state index contributed by atoms with van der Waals surface area (Å²) in [5, 5.41) is 42.7. The van der Waals surface area contributed by atoms with Crippen molar-refractivity contribution in [2.75, 3.05) is 6.54 Å². The van der Waals surface area contributed by atoms with Crippen molar-refractivity contribution in [2.45, 2.75) is 50.4 Å². The molecule has 0 fully saturated rings. The Balaban J connectivity index is 2.66. The molecule has 9 nitrogen and oxygen atoms in total. The highest BCUT2D eigenvalue weighted by molar-refractivity contribution is 5.91. The molecule has 0 aliphatic heterocycles. The second-order valence-corrected chi connectivity index (χ2v) is 6.01. The van der Waals surface area contributed by atoms with Gasteiger partial charge in [0.1, 0.15) is 30.7 Å². The number of nitrogens with one attached hydrogen (secondary N) is 3. The number of rotatable bonds is 12. The molecule has 5 atom stereocenters. The number of aliphatic imine (C=N–C) groups is 1. The van der Waals surface area contributed by atoms with E-state index in [1.54, 1.807) is 0 Å². The van der Waals surface area contributed by atoms with Gasteiger partial charge in [-0.05, 0) is 12.0 Å². The van der Waals surface area contributed by atoms with Gasteiger partial charge < -0.3 is 26.8 Å². The number of benzene rings is 1. The molecule has 0 radical (unpaired) electrons. The Hall–Kier alpha value is -1.88. The summed E-state index contributed by atoms with van der Waals surface area (Å²) >= 11 is 0. The molecule has 0 spiro atoms. The molecule has 26 heavy (non-hydrogen) atoms. The van der Waals surface area contributed by atoms with E-state index in [2.05, 4.69) is 15.6 Å². The van der Waals surface area contributed by atoms with Gasteiger partial charge in [0, 0.05) is 12.6 Å². The normalized spacial score (nSPS) is 18.0. The van der Waals surface area contributed by atoms with Crippen molar-refractivity contribution in [3.8, 4) is 0 Å². The van der Waals surface area contributed by atoms with E-state index in [0.717, 1.165) is 18.3 Å². The van der Waals surface area contributed by atoms with Gasteiger partial charge in [0.25, 0.3) is 0 Å². The first kappa shape index (κ1) is 22.2. The maximum atomic E-state index is 10.2. The van der Waals surface area contributed by atoms with Gasteiger partial charge in [-0.15, -0.1) is 0 Å². The van der Waals surface area contributed by atoms with Crippen LogP contribution in [0.2, 0.25) is 0 Å². The van der Waals surface area contributed by atoms with Crippen LogP contribution in [0.1, 0.15) is 31.4 Å². The zero-order chi connectivity index (χ0) is 19.5. The fourth-order valence-corrected chi connectivity index (χ4v) is 2.49. The van der Waals surface area contributed by atoms with Crippen molar-refractivity contribution >= 4 is 12.2 Å². The lowest BCUT2D eigenvalue weighted by Crippen LogP contribution is -2.53. The number of aliphatic hydroxyl groups excluding tert-OH is 3. The SMILES string of the molecule is CCCC(N)C(O)C(O)NCC(O)NC(C(N)=NC=N)c1ccccc1. The molecule has 1 rings (SSSR count). The van der Waals surface area contributed by atoms with E-state index in [0.29, 0.717) is 6.42 Å². The molecule has 0 aliphatic carbocycles. The molecule has 0 saturated heterocycles. The minimum absolute atomic E-state index is 0.0573. The topological polar surface area (TPSA) is 173 Å². The average molecular weight is 366 g/mol. The second-order valence-electron chi connectivity index (χ2n) is 6.01. The van der Waals surface area contributed by atoms with Crippen LogP contribution in [-0.2, 0) is 0 Å². The van der Waals surface area contributed by atoms with E-state index in [1.807, 2.05) is 37.3 Å². The zero-order valence-corrected chi connectivity index (χ0v) is 14.9. The van der Waals surface area contributed by atoms with Crippen molar-refractivity contribution < 1.29 is 15.3 Å². The van der Waals surface area contributed by atoms with Gasteiger partial charge in [0.05, 0.1) is 6.04 Å². The lowest BCUT2D eigenvalue weighted by molar-refractivity contribution is -0.0247. The van der Waals surface area contributed by atoms with Crippen LogP contribution >= 0.6 is 0 Å². The minimum Gasteiger partial charge on any atom is -0.387 e. The van der Waals surface area contributed by atoms with E-state index >= 15 is 0 Å². The van der Waals surface area contributed by atoms with E-state index in [-0.39, 0.29) is 12.4 Å². The second kappa shape index (κ2) is 11.7. The Morgan fingerprint density at radius 3 is 2.50 bits per heavy atom. The largest absolute Gasteiger partial charge is 0.387 e. The molecular weight excluding hydrogens is 336 g/mol. The van der Waals surface area contributed by atoms with Crippen LogP contribution in [-0.4, -0.2) is 58.6 Å². The van der Waals surface area contributed by atoms with E-state index in [9.17, 15) is 15.3 Å². The van der Waals surface area contributed by atoms with Crippen molar-refractivity contribution in [1.82, 2.24) is 10.6 Å². The first-order valence-electron chi connectivity index (χ1n) is 8.56. The maximum Gasteiger partial charge on any atom is 0.132 e. The summed E-state index contributed by atoms with van der Waals surface area (Å²) in [4.78, 5) is 3.76. The number of nitrogens with zero attached hydrogens (tertiary/aromatic N) is 1. The summed E-state index contributed by atoms with van der Waals surface area (Å²) in [5.74, 6) is 0.121. The molecule has 1 aromatic carbocycles. The third kappa shape index (κ3) is 7.16. The number of amidine groups is 1. The quantitative estimate of drug-likeness (QED) is 0.133. The molecule has 0 saturated carbocycles. The van der Waals surface area contributed by atoms with Gasteiger partial charge in [0.2, 0.25) is 0 Å². The molecule has 146 valence electrons. The van der Waals surface area contributed by atoms with E-state index in [4.69, 9.17) is 16.9 Å².